The van der Waals surface area contributed by atoms with Gasteiger partial charge >= 0.3 is 6.03 Å². The number of anilines is 2. The number of pyridine rings is 2. The van der Waals surface area contributed by atoms with E-state index in [9.17, 15) is 4.79 Å². The Bertz CT molecular complexity index is 719. The van der Waals surface area contributed by atoms with Crippen LogP contribution in [-0.2, 0) is 6.54 Å². The molecule has 1 fully saturated rings. The topological polar surface area (TPSA) is 73.4 Å². The largest absolute Gasteiger partial charge is 0.355 e. The monoisotopic (exact) mass is 368 g/mol. The van der Waals surface area contributed by atoms with Crippen LogP contribution in [0.5, 0.6) is 0 Å². The van der Waals surface area contributed by atoms with Gasteiger partial charge in [0.25, 0.3) is 0 Å². The fourth-order valence-electron chi connectivity index (χ4n) is 3.18. The molecule has 144 valence electrons. The van der Waals surface area contributed by atoms with Crippen LogP contribution in [0, 0.1) is 0 Å². The minimum Gasteiger partial charge on any atom is -0.355 e. The molecule has 2 amide bonds. The lowest BCUT2D eigenvalue weighted by Crippen LogP contribution is -2.34. The fraction of sp³-hybridized carbons (Fsp3) is 0.450. The molecule has 0 atom stereocenters. The van der Waals surface area contributed by atoms with Gasteiger partial charge in [0, 0.05) is 51.2 Å². The number of carbonyl (C=O) groups is 1. The predicted octanol–water partition coefficient (Wildman–Crippen LogP) is 2.72. The second kappa shape index (κ2) is 9.32. The summed E-state index contributed by atoms with van der Waals surface area (Å²) in [4.78, 5) is 25.2. The van der Waals surface area contributed by atoms with Crippen molar-refractivity contribution in [3.8, 4) is 0 Å². The zero-order valence-electron chi connectivity index (χ0n) is 16.1. The summed E-state index contributed by atoms with van der Waals surface area (Å²) in [6, 6.07) is 7.92. The maximum atomic E-state index is 11.8. The van der Waals surface area contributed by atoms with Crippen LogP contribution >= 0.6 is 0 Å². The Kier molecular flexibility index (Phi) is 6.59. The van der Waals surface area contributed by atoms with Gasteiger partial charge in [-0.05, 0) is 50.1 Å². The minimum absolute atomic E-state index is 0.101. The number of rotatable bonds is 5. The summed E-state index contributed by atoms with van der Waals surface area (Å²) in [5.41, 5.74) is 2.00. The molecule has 0 aliphatic carbocycles. The predicted molar refractivity (Wildman–Crippen MR) is 108 cm³/mol. The number of carbonyl (C=O) groups excluding carboxylic acids is 1. The number of urea groups is 1. The molecule has 2 N–H and O–H groups in total. The quantitative estimate of drug-likeness (QED) is 0.849. The van der Waals surface area contributed by atoms with Crippen LogP contribution < -0.4 is 15.5 Å². The number of amides is 2. The molecule has 0 spiro atoms. The first-order chi connectivity index (χ1) is 13.1. The molecule has 3 heterocycles. The lowest BCUT2D eigenvalue weighted by molar-refractivity contribution is 0.250. The molecule has 0 bridgehead atoms. The number of nitrogens with one attached hydrogen (secondary N) is 2. The number of hydrogen-bond donors (Lipinski definition) is 2. The van der Waals surface area contributed by atoms with Gasteiger partial charge in [0.05, 0.1) is 11.9 Å². The Morgan fingerprint density at radius 1 is 1.11 bits per heavy atom. The molecule has 1 aliphatic rings. The summed E-state index contributed by atoms with van der Waals surface area (Å²) in [7, 11) is 0. The Hall–Kier alpha value is -2.67. The SMILES string of the molecule is CC(C)NC(=O)Nc1ccc(N2CCCN(Cc3ccncc3)CC2)nc1. The highest BCUT2D eigenvalue weighted by Crippen LogP contribution is 2.17. The first kappa shape index (κ1) is 19.1. The van der Waals surface area contributed by atoms with E-state index in [0.29, 0.717) is 5.69 Å². The molecular weight excluding hydrogens is 340 g/mol. The molecule has 0 unspecified atom stereocenters. The number of hydrogen-bond acceptors (Lipinski definition) is 5. The van der Waals surface area contributed by atoms with Crippen LogP contribution in [0.3, 0.4) is 0 Å². The second-order valence-electron chi connectivity index (χ2n) is 7.13. The van der Waals surface area contributed by atoms with E-state index in [1.807, 2.05) is 38.4 Å². The molecule has 0 radical (unpaired) electrons. The van der Waals surface area contributed by atoms with Gasteiger partial charge in [-0.2, -0.15) is 0 Å². The summed E-state index contributed by atoms with van der Waals surface area (Å²) in [5.74, 6) is 0.954. The molecule has 2 aromatic heterocycles. The maximum absolute atomic E-state index is 11.8. The summed E-state index contributed by atoms with van der Waals surface area (Å²) in [6.07, 6.45) is 6.51. The third-order valence-electron chi connectivity index (χ3n) is 4.49. The minimum atomic E-state index is -0.207. The molecule has 3 rings (SSSR count). The summed E-state index contributed by atoms with van der Waals surface area (Å²) < 4.78 is 0. The van der Waals surface area contributed by atoms with Gasteiger partial charge in [0.15, 0.2) is 0 Å². The maximum Gasteiger partial charge on any atom is 0.319 e. The zero-order chi connectivity index (χ0) is 19.1. The third kappa shape index (κ3) is 5.92. The van der Waals surface area contributed by atoms with Crippen LogP contribution in [0.25, 0.3) is 0 Å². The summed E-state index contributed by atoms with van der Waals surface area (Å²) in [6.45, 7) is 8.82. The fourth-order valence-corrected chi connectivity index (χ4v) is 3.18. The molecule has 27 heavy (non-hydrogen) atoms. The van der Waals surface area contributed by atoms with Gasteiger partial charge in [0.1, 0.15) is 5.82 Å². The molecule has 1 saturated heterocycles. The highest BCUT2D eigenvalue weighted by Gasteiger charge is 2.16. The van der Waals surface area contributed by atoms with E-state index in [2.05, 4.69) is 42.5 Å². The average Bonchev–Trinajstić information content (AvgIpc) is 2.88. The van der Waals surface area contributed by atoms with Crippen molar-refractivity contribution >= 4 is 17.5 Å². The lowest BCUT2D eigenvalue weighted by Gasteiger charge is -2.23. The van der Waals surface area contributed by atoms with Crippen molar-refractivity contribution in [2.75, 3.05) is 36.4 Å². The summed E-state index contributed by atoms with van der Waals surface area (Å²) in [5, 5.41) is 5.61. The lowest BCUT2D eigenvalue weighted by atomic mass is 10.2. The van der Waals surface area contributed by atoms with Crippen LogP contribution in [0.1, 0.15) is 25.8 Å². The van der Waals surface area contributed by atoms with E-state index in [4.69, 9.17) is 0 Å². The van der Waals surface area contributed by atoms with Gasteiger partial charge in [-0.15, -0.1) is 0 Å². The van der Waals surface area contributed by atoms with E-state index >= 15 is 0 Å². The normalized spacial score (nSPS) is 15.4. The first-order valence-electron chi connectivity index (χ1n) is 9.50. The molecule has 0 aromatic carbocycles. The van der Waals surface area contributed by atoms with Crippen molar-refractivity contribution in [1.82, 2.24) is 20.2 Å². The molecule has 0 saturated carbocycles. The highest BCUT2D eigenvalue weighted by atomic mass is 16.2. The van der Waals surface area contributed by atoms with E-state index in [-0.39, 0.29) is 12.1 Å². The smallest absolute Gasteiger partial charge is 0.319 e. The van der Waals surface area contributed by atoms with E-state index in [1.54, 1.807) is 6.20 Å². The van der Waals surface area contributed by atoms with Crippen LogP contribution in [0.2, 0.25) is 0 Å². The van der Waals surface area contributed by atoms with E-state index in [0.717, 1.165) is 45.0 Å². The molecule has 7 heteroatoms. The number of aromatic nitrogens is 2. The van der Waals surface area contributed by atoms with E-state index < -0.39 is 0 Å². The van der Waals surface area contributed by atoms with Crippen molar-refractivity contribution in [3.05, 3.63) is 48.4 Å². The standard InChI is InChI=1S/C20H28N6O/c1-16(2)23-20(27)24-18-4-5-19(22-14-18)26-11-3-10-25(12-13-26)15-17-6-8-21-9-7-17/h4-9,14,16H,3,10-13,15H2,1-2H3,(H2,23,24,27). The molecule has 1 aliphatic heterocycles. The van der Waals surface area contributed by atoms with Gasteiger partial charge in [-0.1, -0.05) is 0 Å². The Balaban J connectivity index is 1.53. The molecular formula is C20H28N6O. The van der Waals surface area contributed by atoms with Crippen LogP contribution in [0.4, 0.5) is 16.3 Å². The molecule has 7 nitrogen and oxygen atoms in total. The van der Waals surface area contributed by atoms with Crippen molar-refractivity contribution in [3.63, 3.8) is 0 Å². The zero-order valence-corrected chi connectivity index (χ0v) is 16.1. The van der Waals surface area contributed by atoms with Gasteiger partial charge in [0.2, 0.25) is 0 Å². The molecule has 2 aromatic rings. The van der Waals surface area contributed by atoms with Crippen molar-refractivity contribution < 1.29 is 4.79 Å². The third-order valence-corrected chi connectivity index (χ3v) is 4.49. The van der Waals surface area contributed by atoms with Crippen molar-refractivity contribution in [1.29, 1.82) is 0 Å². The van der Waals surface area contributed by atoms with Gasteiger partial charge < -0.3 is 15.5 Å². The van der Waals surface area contributed by atoms with Crippen LogP contribution in [-0.4, -0.2) is 53.1 Å². The first-order valence-corrected chi connectivity index (χ1v) is 9.50. The van der Waals surface area contributed by atoms with Crippen molar-refractivity contribution in [2.24, 2.45) is 0 Å². The Morgan fingerprint density at radius 3 is 2.63 bits per heavy atom. The Morgan fingerprint density at radius 2 is 1.93 bits per heavy atom. The van der Waals surface area contributed by atoms with Crippen LogP contribution in [0.15, 0.2) is 42.9 Å². The highest BCUT2D eigenvalue weighted by molar-refractivity contribution is 5.89. The number of nitrogens with zero attached hydrogens (tertiary/aromatic N) is 4. The average molecular weight is 368 g/mol. The Labute approximate surface area is 160 Å². The summed E-state index contributed by atoms with van der Waals surface area (Å²) >= 11 is 0. The van der Waals surface area contributed by atoms with Crippen molar-refractivity contribution in [2.45, 2.75) is 32.9 Å². The van der Waals surface area contributed by atoms with Gasteiger partial charge in [-0.3, -0.25) is 9.88 Å². The van der Waals surface area contributed by atoms with Gasteiger partial charge in [-0.25, -0.2) is 9.78 Å². The second-order valence-corrected chi connectivity index (χ2v) is 7.13. The van der Waals surface area contributed by atoms with E-state index in [1.165, 1.54) is 5.56 Å².